The van der Waals surface area contributed by atoms with Crippen molar-refractivity contribution < 1.29 is 14.3 Å². The molecular formula is C20H20N4O5. The Morgan fingerprint density at radius 3 is 2.41 bits per heavy atom. The highest BCUT2D eigenvalue weighted by atomic mass is 16.5. The molecule has 0 bridgehead atoms. The van der Waals surface area contributed by atoms with Crippen LogP contribution in [0.4, 0.5) is 0 Å². The third kappa shape index (κ3) is 4.03. The van der Waals surface area contributed by atoms with Crippen molar-refractivity contribution in [2.45, 2.75) is 13.1 Å². The van der Waals surface area contributed by atoms with Crippen LogP contribution in [-0.4, -0.2) is 28.1 Å². The van der Waals surface area contributed by atoms with E-state index in [1.54, 1.807) is 19.2 Å². The molecule has 0 saturated heterocycles. The zero-order valence-corrected chi connectivity index (χ0v) is 16.0. The Balaban J connectivity index is 1.91. The van der Waals surface area contributed by atoms with E-state index in [-0.39, 0.29) is 16.9 Å². The molecule has 3 rings (SSSR count). The number of hydrogen-bond donors (Lipinski definition) is 2. The molecule has 0 aliphatic heterocycles. The number of aryl methyl sites for hydroxylation is 1. The molecule has 0 radical (unpaired) electrons. The fourth-order valence-corrected chi connectivity index (χ4v) is 2.98. The lowest BCUT2D eigenvalue weighted by atomic mass is 10.1. The minimum absolute atomic E-state index is 0.144. The highest BCUT2D eigenvalue weighted by Gasteiger charge is 2.15. The van der Waals surface area contributed by atoms with Gasteiger partial charge in [0.1, 0.15) is 12.3 Å². The van der Waals surface area contributed by atoms with E-state index in [1.807, 2.05) is 12.1 Å². The van der Waals surface area contributed by atoms with Crippen molar-refractivity contribution in [1.82, 2.24) is 14.5 Å². The van der Waals surface area contributed by atoms with Crippen LogP contribution < -0.4 is 27.0 Å². The number of ether oxygens (including phenoxy) is 1. The molecule has 1 aromatic heterocycles. The molecule has 0 atom stereocenters. The van der Waals surface area contributed by atoms with Crippen LogP contribution >= 0.6 is 0 Å². The predicted molar refractivity (Wildman–Crippen MR) is 107 cm³/mol. The smallest absolute Gasteiger partial charge is 0.331 e. The van der Waals surface area contributed by atoms with E-state index in [4.69, 9.17) is 10.5 Å². The molecule has 0 aliphatic carbocycles. The van der Waals surface area contributed by atoms with Crippen LogP contribution in [-0.2, 0) is 24.9 Å². The van der Waals surface area contributed by atoms with Crippen molar-refractivity contribution in [3.8, 4) is 5.75 Å². The number of fused-ring (bicyclic) bond motifs is 1. The normalized spacial score (nSPS) is 10.7. The average Bonchev–Trinajstić information content (AvgIpc) is 2.73. The second kappa shape index (κ2) is 8.01. The van der Waals surface area contributed by atoms with Gasteiger partial charge in [-0.2, -0.15) is 0 Å². The number of methoxy groups -OCH3 is 1. The second-order valence-corrected chi connectivity index (χ2v) is 6.46. The number of nitrogens with zero attached hydrogens (tertiary/aromatic N) is 2. The van der Waals surface area contributed by atoms with Crippen molar-refractivity contribution in [1.29, 1.82) is 0 Å². The number of benzene rings is 2. The maximum Gasteiger partial charge on any atom is 0.331 e. The van der Waals surface area contributed by atoms with Crippen molar-refractivity contribution in [2.24, 2.45) is 12.8 Å². The zero-order valence-electron chi connectivity index (χ0n) is 16.0. The lowest BCUT2D eigenvalue weighted by molar-refractivity contribution is -0.118. The summed E-state index contributed by atoms with van der Waals surface area (Å²) >= 11 is 0. The minimum atomic E-state index is -0.808. The Morgan fingerprint density at radius 1 is 1.10 bits per heavy atom. The van der Waals surface area contributed by atoms with E-state index in [1.165, 1.54) is 29.8 Å². The Hall–Kier alpha value is -3.88. The number of hydrogen-bond acceptors (Lipinski definition) is 5. The summed E-state index contributed by atoms with van der Waals surface area (Å²) in [5.41, 5.74) is 5.29. The van der Waals surface area contributed by atoms with Crippen LogP contribution in [0.5, 0.6) is 5.75 Å². The fraction of sp³-hybridized carbons (Fsp3) is 0.200. The van der Waals surface area contributed by atoms with Gasteiger partial charge in [-0.05, 0) is 35.9 Å². The van der Waals surface area contributed by atoms with Gasteiger partial charge in [-0.25, -0.2) is 4.79 Å². The third-order valence-corrected chi connectivity index (χ3v) is 4.54. The van der Waals surface area contributed by atoms with Gasteiger partial charge in [-0.3, -0.25) is 23.5 Å². The van der Waals surface area contributed by atoms with Gasteiger partial charge in [0, 0.05) is 19.2 Å². The van der Waals surface area contributed by atoms with Crippen molar-refractivity contribution in [2.75, 3.05) is 7.11 Å². The molecule has 0 fully saturated rings. The summed E-state index contributed by atoms with van der Waals surface area (Å²) in [6, 6.07) is 11.7. The van der Waals surface area contributed by atoms with Crippen LogP contribution in [0.1, 0.15) is 15.9 Å². The molecule has 9 nitrogen and oxygen atoms in total. The van der Waals surface area contributed by atoms with Crippen molar-refractivity contribution >= 4 is 22.7 Å². The highest BCUT2D eigenvalue weighted by molar-refractivity contribution is 5.97. The summed E-state index contributed by atoms with van der Waals surface area (Å²) in [5.74, 6) is -0.471. The lowest BCUT2D eigenvalue weighted by Crippen LogP contribution is -2.42. The standard InChI is InChI=1S/C20H20N4O5/c1-23-16-8-5-13(9-15(16)19(27)24(20(23)28)11-17(21)25)18(26)22-10-12-3-6-14(29-2)7-4-12/h3-9H,10-11H2,1-2H3,(H2,21,25)(H,22,26). The summed E-state index contributed by atoms with van der Waals surface area (Å²) in [4.78, 5) is 48.7. The molecule has 150 valence electrons. The molecule has 0 spiro atoms. The van der Waals surface area contributed by atoms with Gasteiger partial charge in [0.25, 0.3) is 11.5 Å². The maximum absolute atomic E-state index is 12.6. The fourth-order valence-electron chi connectivity index (χ4n) is 2.98. The molecule has 0 saturated carbocycles. The Bertz CT molecular complexity index is 1210. The summed E-state index contributed by atoms with van der Waals surface area (Å²) in [6.45, 7) is -0.241. The van der Waals surface area contributed by atoms with E-state index >= 15 is 0 Å². The topological polar surface area (TPSA) is 125 Å². The number of rotatable bonds is 6. The molecule has 1 heterocycles. The highest BCUT2D eigenvalue weighted by Crippen LogP contribution is 2.13. The van der Waals surface area contributed by atoms with Crippen LogP contribution in [0.3, 0.4) is 0 Å². The first kappa shape index (κ1) is 19.9. The van der Waals surface area contributed by atoms with Gasteiger partial charge in [0.05, 0.1) is 18.0 Å². The number of nitrogens with one attached hydrogen (secondary N) is 1. The van der Waals surface area contributed by atoms with E-state index in [0.29, 0.717) is 17.8 Å². The van der Waals surface area contributed by atoms with Crippen molar-refractivity contribution in [3.05, 3.63) is 74.4 Å². The average molecular weight is 396 g/mol. The number of nitrogens with two attached hydrogens (primary N) is 1. The Morgan fingerprint density at radius 2 is 1.79 bits per heavy atom. The van der Waals surface area contributed by atoms with E-state index in [0.717, 1.165) is 10.1 Å². The number of aromatic nitrogens is 2. The summed E-state index contributed by atoms with van der Waals surface area (Å²) in [5, 5.41) is 2.92. The number of carbonyl (C=O) groups excluding carboxylic acids is 2. The lowest BCUT2D eigenvalue weighted by Gasteiger charge is -2.11. The van der Waals surface area contributed by atoms with Gasteiger partial charge in [-0.15, -0.1) is 0 Å². The van der Waals surface area contributed by atoms with E-state index in [9.17, 15) is 19.2 Å². The Kier molecular flexibility index (Phi) is 5.49. The van der Waals surface area contributed by atoms with Crippen molar-refractivity contribution in [3.63, 3.8) is 0 Å². The first-order chi connectivity index (χ1) is 13.8. The monoisotopic (exact) mass is 396 g/mol. The molecule has 3 aromatic rings. The van der Waals surface area contributed by atoms with Gasteiger partial charge in [-0.1, -0.05) is 12.1 Å². The van der Waals surface area contributed by atoms with Gasteiger partial charge in [0.2, 0.25) is 5.91 Å². The molecule has 3 N–H and O–H groups in total. The molecular weight excluding hydrogens is 376 g/mol. The first-order valence-electron chi connectivity index (χ1n) is 8.75. The molecule has 0 unspecified atom stereocenters. The van der Waals surface area contributed by atoms with Crippen LogP contribution in [0.15, 0.2) is 52.1 Å². The number of amides is 2. The summed E-state index contributed by atoms with van der Waals surface area (Å²) < 4.78 is 7.08. The van der Waals surface area contributed by atoms with E-state index < -0.39 is 23.7 Å². The van der Waals surface area contributed by atoms with Gasteiger partial charge in [0.15, 0.2) is 0 Å². The molecule has 2 aromatic carbocycles. The Labute approximate surface area is 165 Å². The van der Waals surface area contributed by atoms with Crippen LogP contribution in [0.2, 0.25) is 0 Å². The zero-order chi connectivity index (χ0) is 21.1. The molecule has 0 aliphatic rings. The molecule has 29 heavy (non-hydrogen) atoms. The van der Waals surface area contributed by atoms with Crippen LogP contribution in [0.25, 0.3) is 10.9 Å². The molecule has 2 amide bonds. The van der Waals surface area contributed by atoms with Gasteiger partial charge >= 0.3 is 5.69 Å². The number of carbonyl (C=O) groups is 2. The maximum atomic E-state index is 12.6. The van der Waals surface area contributed by atoms with E-state index in [2.05, 4.69) is 5.32 Å². The minimum Gasteiger partial charge on any atom is -0.497 e. The summed E-state index contributed by atoms with van der Waals surface area (Å²) in [6.07, 6.45) is 0. The van der Waals surface area contributed by atoms with Crippen LogP contribution in [0, 0.1) is 0 Å². The number of primary amides is 1. The quantitative estimate of drug-likeness (QED) is 0.612. The SMILES string of the molecule is COc1ccc(CNC(=O)c2ccc3c(c2)c(=O)n(CC(N)=O)c(=O)n3C)cc1. The van der Waals surface area contributed by atoms with Gasteiger partial charge < -0.3 is 15.8 Å². The predicted octanol–water partition coefficient (Wildman–Crippen LogP) is 0.124. The second-order valence-electron chi connectivity index (χ2n) is 6.46. The molecule has 9 heteroatoms. The largest absolute Gasteiger partial charge is 0.497 e. The third-order valence-electron chi connectivity index (χ3n) is 4.54. The first-order valence-corrected chi connectivity index (χ1v) is 8.75. The summed E-state index contributed by atoms with van der Waals surface area (Å²) in [7, 11) is 3.05.